The molecule has 2 N–H and O–H groups in total. The molecule has 3 nitrogen and oxygen atoms in total. The van der Waals surface area contributed by atoms with Crippen LogP contribution in [-0.2, 0) is 0 Å². The first kappa shape index (κ1) is 11.4. The highest BCUT2D eigenvalue weighted by molar-refractivity contribution is 5.78. The number of hydrogen-bond donors (Lipinski definition) is 1. The van der Waals surface area contributed by atoms with Crippen molar-refractivity contribution in [3.05, 3.63) is 0 Å². The third-order valence-corrected chi connectivity index (χ3v) is 4.92. The lowest BCUT2D eigenvalue weighted by Gasteiger charge is -2.44. The summed E-state index contributed by atoms with van der Waals surface area (Å²) in [5.74, 6) is 0.818. The Morgan fingerprint density at radius 2 is 1.65 bits per heavy atom. The molecule has 0 aromatic heterocycles. The number of likely N-dealkylation sites (tertiary alicyclic amines) is 1. The molecule has 0 bridgehead atoms. The molecule has 0 aromatic carbocycles. The van der Waals surface area contributed by atoms with Gasteiger partial charge in [-0.15, -0.1) is 0 Å². The van der Waals surface area contributed by atoms with E-state index in [9.17, 15) is 0 Å². The van der Waals surface area contributed by atoms with Gasteiger partial charge in [0, 0.05) is 13.1 Å². The molecule has 0 atom stereocenters. The first-order valence-corrected chi connectivity index (χ1v) is 7.36. The van der Waals surface area contributed by atoms with Crippen LogP contribution in [0.1, 0.15) is 57.8 Å². The smallest absolute Gasteiger partial charge is 0.191 e. The van der Waals surface area contributed by atoms with E-state index in [1.165, 1.54) is 57.8 Å². The maximum atomic E-state index is 6.08. The summed E-state index contributed by atoms with van der Waals surface area (Å²) >= 11 is 0. The molecule has 1 spiro atoms. The quantitative estimate of drug-likeness (QED) is 0.560. The average molecular weight is 235 g/mol. The van der Waals surface area contributed by atoms with Crippen molar-refractivity contribution in [2.45, 2.75) is 63.8 Å². The molecule has 0 amide bonds. The average Bonchev–Trinajstić information content (AvgIpc) is 3.15. The summed E-state index contributed by atoms with van der Waals surface area (Å²) in [7, 11) is 0. The molecule has 2 saturated carbocycles. The zero-order valence-corrected chi connectivity index (χ0v) is 10.8. The summed E-state index contributed by atoms with van der Waals surface area (Å²) < 4.78 is 0. The van der Waals surface area contributed by atoms with Crippen LogP contribution >= 0.6 is 0 Å². The lowest BCUT2D eigenvalue weighted by atomic mass is 9.68. The second-order valence-corrected chi connectivity index (χ2v) is 6.27. The van der Waals surface area contributed by atoms with Crippen LogP contribution in [0.15, 0.2) is 4.99 Å². The van der Waals surface area contributed by atoms with Gasteiger partial charge >= 0.3 is 0 Å². The summed E-state index contributed by atoms with van der Waals surface area (Å²) in [6, 6.07) is 0.556. The Morgan fingerprint density at radius 3 is 2.24 bits per heavy atom. The SMILES string of the molecule is NC(=NC1CC1)N1CCC2(CCCCC2)CC1. The van der Waals surface area contributed by atoms with Gasteiger partial charge in [-0.3, -0.25) is 0 Å². The largest absolute Gasteiger partial charge is 0.370 e. The Balaban J connectivity index is 1.55. The van der Waals surface area contributed by atoms with Crippen LogP contribution in [0.2, 0.25) is 0 Å². The fraction of sp³-hybridized carbons (Fsp3) is 0.929. The van der Waals surface area contributed by atoms with Crippen LogP contribution in [0, 0.1) is 5.41 Å². The normalized spacial score (nSPS) is 29.6. The van der Waals surface area contributed by atoms with Gasteiger partial charge in [-0.05, 0) is 43.9 Å². The number of nitrogens with two attached hydrogens (primary N) is 1. The number of rotatable bonds is 1. The molecule has 3 fully saturated rings. The minimum Gasteiger partial charge on any atom is -0.370 e. The molecule has 0 radical (unpaired) electrons. The molecule has 0 unspecified atom stereocenters. The minimum atomic E-state index is 0.556. The third-order valence-electron chi connectivity index (χ3n) is 4.92. The summed E-state index contributed by atoms with van der Waals surface area (Å²) in [6.45, 7) is 2.28. The number of aliphatic imine (C=N–C) groups is 1. The Morgan fingerprint density at radius 1 is 1.00 bits per heavy atom. The first-order chi connectivity index (χ1) is 8.27. The molecular weight excluding hydrogens is 210 g/mol. The van der Waals surface area contributed by atoms with Crippen LogP contribution in [0.25, 0.3) is 0 Å². The second kappa shape index (κ2) is 4.51. The van der Waals surface area contributed by atoms with Crippen LogP contribution in [-0.4, -0.2) is 30.0 Å². The van der Waals surface area contributed by atoms with Crippen molar-refractivity contribution in [1.82, 2.24) is 4.90 Å². The van der Waals surface area contributed by atoms with E-state index in [-0.39, 0.29) is 0 Å². The Bertz CT molecular complexity index is 291. The van der Waals surface area contributed by atoms with Crippen molar-refractivity contribution in [3.8, 4) is 0 Å². The van der Waals surface area contributed by atoms with E-state index in [1.54, 1.807) is 0 Å². The molecule has 1 heterocycles. The maximum Gasteiger partial charge on any atom is 0.191 e. The molecule has 96 valence electrons. The number of nitrogens with zero attached hydrogens (tertiary/aromatic N) is 2. The van der Waals surface area contributed by atoms with E-state index in [2.05, 4.69) is 9.89 Å². The van der Waals surface area contributed by atoms with Crippen LogP contribution in [0.3, 0.4) is 0 Å². The van der Waals surface area contributed by atoms with Gasteiger partial charge in [0.25, 0.3) is 0 Å². The molecular formula is C14H25N3. The van der Waals surface area contributed by atoms with Gasteiger partial charge in [0.1, 0.15) is 0 Å². The van der Waals surface area contributed by atoms with Crippen LogP contribution in [0.5, 0.6) is 0 Å². The maximum absolute atomic E-state index is 6.08. The second-order valence-electron chi connectivity index (χ2n) is 6.27. The van der Waals surface area contributed by atoms with Crippen molar-refractivity contribution in [3.63, 3.8) is 0 Å². The highest BCUT2D eigenvalue weighted by atomic mass is 15.3. The van der Waals surface area contributed by atoms with Crippen LogP contribution < -0.4 is 5.73 Å². The lowest BCUT2D eigenvalue weighted by molar-refractivity contribution is 0.0972. The topological polar surface area (TPSA) is 41.6 Å². The van der Waals surface area contributed by atoms with Crippen LogP contribution in [0.4, 0.5) is 0 Å². The predicted molar refractivity (Wildman–Crippen MR) is 71.0 cm³/mol. The van der Waals surface area contributed by atoms with E-state index in [1.807, 2.05) is 0 Å². The van der Waals surface area contributed by atoms with E-state index in [0.29, 0.717) is 11.5 Å². The van der Waals surface area contributed by atoms with Gasteiger partial charge in [0.05, 0.1) is 6.04 Å². The third kappa shape index (κ3) is 2.58. The molecule has 3 rings (SSSR count). The highest BCUT2D eigenvalue weighted by Crippen LogP contribution is 2.44. The standard InChI is InChI=1S/C14H25N3/c15-13(16-12-4-5-12)17-10-8-14(9-11-17)6-2-1-3-7-14/h12H,1-11H2,(H2,15,16). The fourth-order valence-corrected chi connectivity index (χ4v) is 3.48. The first-order valence-electron chi connectivity index (χ1n) is 7.36. The van der Waals surface area contributed by atoms with Gasteiger partial charge in [-0.1, -0.05) is 19.3 Å². The Hall–Kier alpha value is -0.730. The molecule has 0 aromatic rings. The molecule has 2 aliphatic carbocycles. The summed E-state index contributed by atoms with van der Waals surface area (Å²) in [5, 5.41) is 0. The van der Waals surface area contributed by atoms with Gasteiger partial charge in [0.2, 0.25) is 0 Å². The highest BCUT2D eigenvalue weighted by Gasteiger charge is 2.36. The van der Waals surface area contributed by atoms with Crippen molar-refractivity contribution in [2.75, 3.05) is 13.1 Å². The Kier molecular flexibility index (Phi) is 3.01. The van der Waals surface area contributed by atoms with Crippen molar-refractivity contribution >= 4 is 5.96 Å². The zero-order valence-electron chi connectivity index (χ0n) is 10.8. The molecule has 17 heavy (non-hydrogen) atoms. The van der Waals surface area contributed by atoms with Crippen molar-refractivity contribution < 1.29 is 0 Å². The van der Waals surface area contributed by atoms with E-state index in [0.717, 1.165) is 19.0 Å². The Labute approximate surface area is 104 Å². The van der Waals surface area contributed by atoms with Crippen molar-refractivity contribution in [2.24, 2.45) is 16.1 Å². The molecule has 1 aliphatic heterocycles. The van der Waals surface area contributed by atoms with E-state index in [4.69, 9.17) is 5.73 Å². The van der Waals surface area contributed by atoms with Gasteiger partial charge < -0.3 is 10.6 Å². The summed E-state index contributed by atoms with van der Waals surface area (Å²) in [4.78, 5) is 6.88. The van der Waals surface area contributed by atoms with Crippen molar-refractivity contribution in [1.29, 1.82) is 0 Å². The molecule has 1 saturated heterocycles. The van der Waals surface area contributed by atoms with Gasteiger partial charge in [-0.25, -0.2) is 4.99 Å². The summed E-state index contributed by atoms with van der Waals surface area (Å²) in [5.41, 5.74) is 6.76. The number of guanidine groups is 1. The van der Waals surface area contributed by atoms with Gasteiger partial charge in [0.15, 0.2) is 5.96 Å². The van der Waals surface area contributed by atoms with E-state index >= 15 is 0 Å². The monoisotopic (exact) mass is 235 g/mol. The van der Waals surface area contributed by atoms with E-state index < -0.39 is 0 Å². The zero-order chi connectivity index (χ0) is 11.7. The molecule has 3 aliphatic rings. The number of piperidine rings is 1. The van der Waals surface area contributed by atoms with Gasteiger partial charge in [-0.2, -0.15) is 0 Å². The minimum absolute atomic E-state index is 0.556. The lowest BCUT2D eigenvalue weighted by Crippen LogP contribution is -2.47. The molecule has 3 heteroatoms. The fourth-order valence-electron chi connectivity index (χ4n) is 3.48. The predicted octanol–water partition coefficient (Wildman–Crippen LogP) is 2.51. The summed E-state index contributed by atoms with van der Waals surface area (Å²) in [6.07, 6.45) is 12.5. The number of hydrogen-bond acceptors (Lipinski definition) is 1.